The van der Waals surface area contributed by atoms with Crippen LogP contribution in [0.1, 0.15) is 26.7 Å². The maximum atomic E-state index is 11.3. The summed E-state index contributed by atoms with van der Waals surface area (Å²) < 4.78 is 0. The Hall–Kier alpha value is -1.10. The van der Waals surface area contributed by atoms with Gasteiger partial charge >= 0.3 is 5.97 Å². The second-order valence-corrected chi connectivity index (χ2v) is 3.72. The van der Waals surface area contributed by atoms with E-state index < -0.39 is 12.0 Å². The van der Waals surface area contributed by atoms with Gasteiger partial charge in [0.1, 0.15) is 6.04 Å². The second kappa shape index (κ2) is 7.23. The highest BCUT2D eigenvalue weighted by Gasteiger charge is 2.14. The maximum absolute atomic E-state index is 11.3. The number of carboxylic acid groups (broad SMARTS) is 1. The molecule has 0 rings (SSSR count). The summed E-state index contributed by atoms with van der Waals surface area (Å²) in [5.74, 6) is -1.26. The first kappa shape index (κ1) is 13.9. The molecule has 0 fully saturated rings. The Morgan fingerprint density at radius 2 is 2.07 bits per heavy atom. The molecule has 0 aliphatic heterocycles. The molecule has 0 spiro atoms. The molecule has 1 unspecified atom stereocenters. The standard InChI is InChI=1S/C10H20N2O3/c1-4-5-6-12(3)7-9(13)11-8(2)10(14)15/h8H,4-7H2,1-3H3,(H,11,13)(H,14,15). The summed E-state index contributed by atoms with van der Waals surface area (Å²) in [7, 11) is 1.85. The van der Waals surface area contributed by atoms with Crippen LogP contribution in [0.4, 0.5) is 0 Å². The van der Waals surface area contributed by atoms with Crippen LogP contribution in [0.5, 0.6) is 0 Å². The number of carbonyl (C=O) groups excluding carboxylic acids is 1. The number of likely N-dealkylation sites (N-methyl/N-ethyl adjacent to an activating group) is 1. The topological polar surface area (TPSA) is 69.6 Å². The first-order chi connectivity index (χ1) is 6.97. The molecule has 0 heterocycles. The van der Waals surface area contributed by atoms with Gasteiger partial charge in [0.05, 0.1) is 6.54 Å². The number of carbonyl (C=O) groups is 2. The number of amides is 1. The van der Waals surface area contributed by atoms with Crippen molar-refractivity contribution in [1.29, 1.82) is 0 Å². The quantitative estimate of drug-likeness (QED) is 0.642. The van der Waals surface area contributed by atoms with Gasteiger partial charge < -0.3 is 10.4 Å². The smallest absolute Gasteiger partial charge is 0.325 e. The van der Waals surface area contributed by atoms with Crippen LogP contribution >= 0.6 is 0 Å². The monoisotopic (exact) mass is 216 g/mol. The molecule has 0 aliphatic carbocycles. The Bertz CT molecular complexity index is 219. The summed E-state index contributed by atoms with van der Waals surface area (Å²) in [6, 6.07) is -0.822. The molecule has 5 nitrogen and oxygen atoms in total. The SMILES string of the molecule is CCCCN(C)CC(=O)NC(C)C(=O)O. The van der Waals surface area contributed by atoms with Crippen molar-refractivity contribution in [3.8, 4) is 0 Å². The van der Waals surface area contributed by atoms with E-state index in [0.717, 1.165) is 19.4 Å². The Kier molecular flexibility index (Phi) is 6.70. The van der Waals surface area contributed by atoms with Crippen molar-refractivity contribution in [3.63, 3.8) is 0 Å². The summed E-state index contributed by atoms with van der Waals surface area (Å²) in [5, 5.41) is 11.0. The normalized spacial score (nSPS) is 12.5. The fraction of sp³-hybridized carbons (Fsp3) is 0.800. The van der Waals surface area contributed by atoms with Crippen LogP contribution in [-0.2, 0) is 9.59 Å². The van der Waals surface area contributed by atoms with E-state index in [1.807, 2.05) is 11.9 Å². The lowest BCUT2D eigenvalue weighted by Crippen LogP contribution is -2.43. The van der Waals surface area contributed by atoms with Crippen molar-refractivity contribution in [2.75, 3.05) is 20.1 Å². The molecule has 0 aliphatic rings. The summed E-state index contributed by atoms with van der Waals surface area (Å²) in [6.07, 6.45) is 2.12. The van der Waals surface area contributed by atoms with Gasteiger partial charge in [0.2, 0.25) is 5.91 Å². The van der Waals surface area contributed by atoms with Gasteiger partial charge in [-0.3, -0.25) is 14.5 Å². The molecule has 0 saturated heterocycles. The maximum Gasteiger partial charge on any atom is 0.325 e. The van der Waals surface area contributed by atoms with E-state index in [1.54, 1.807) is 0 Å². The average molecular weight is 216 g/mol. The fourth-order valence-corrected chi connectivity index (χ4v) is 1.10. The number of aliphatic carboxylic acids is 1. The highest BCUT2D eigenvalue weighted by molar-refractivity contribution is 5.84. The van der Waals surface area contributed by atoms with E-state index in [4.69, 9.17) is 5.11 Å². The lowest BCUT2D eigenvalue weighted by atomic mass is 10.3. The second-order valence-electron chi connectivity index (χ2n) is 3.72. The minimum atomic E-state index is -1.01. The Balaban J connectivity index is 3.77. The van der Waals surface area contributed by atoms with Gasteiger partial charge in [-0.2, -0.15) is 0 Å². The van der Waals surface area contributed by atoms with Crippen LogP contribution in [0.15, 0.2) is 0 Å². The predicted molar refractivity (Wildman–Crippen MR) is 57.6 cm³/mol. The van der Waals surface area contributed by atoms with Gasteiger partial charge in [-0.05, 0) is 26.9 Å². The average Bonchev–Trinajstić information content (AvgIpc) is 2.14. The number of unbranched alkanes of at least 4 members (excludes halogenated alkanes) is 1. The van der Waals surface area contributed by atoms with Crippen LogP contribution in [0, 0.1) is 0 Å². The number of hydrogen-bond acceptors (Lipinski definition) is 3. The molecule has 0 aromatic rings. The van der Waals surface area contributed by atoms with E-state index >= 15 is 0 Å². The molecule has 5 heteroatoms. The molecule has 0 bridgehead atoms. The lowest BCUT2D eigenvalue weighted by molar-refractivity contribution is -0.141. The number of rotatable bonds is 7. The molecule has 0 saturated carbocycles. The fourth-order valence-electron chi connectivity index (χ4n) is 1.10. The van der Waals surface area contributed by atoms with Gasteiger partial charge in [-0.25, -0.2) is 0 Å². The molecule has 2 N–H and O–H groups in total. The van der Waals surface area contributed by atoms with E-state index in [-0.39, 0.29) is 12.5 Å². The molecule has 1 amide bonds. The molecule has 1 atom stereocenters. The highest BCUT2D eigenvalue weighted by atomic mass is 16.4. The summed E-state index contributed by atoms with van der Waals surface area (Å²) >= 11 is 0. The van der Waals surface area contributed by atoms with Crippen molar-refractivity contribution >= 4 is 11.9 Å². The zero-order valence-electron chi connectivity index (χ0n) is 9.62. The largest absolute Gasteiger partial charge is 0.480 e. The summed E-state index contributed by atoms with van der Waals surface area (Å²) in [5.41, 5.74) is 0. The predicted octanol–water partition coefficient (Wildman–Crippen LogP) is 0.308. The zero-order chi connectivity index (χ0) is 11.8. The van der Waals surface area contributed by atoms with Crippen LogP contribution in [0.2, 0.25) is 0 Å². The lowest BCUT2D eigenvalue weighted by Gasteiger charge is -2.16. The Morgan fingerprint density at radius 1 is 1.47 bits per heavy atom. The number of hydrogen-bond donors (Lipinski definition) is 2. The highest BCUT2D eigenvalue weighted by Crippen LogP contribution is 1.91. The van der Waals surface area contributed by atoms with E-state index in [0.29, 0.717) is 0 Å². The molecular weight excluding hydrogens is 196 g/mol. The molecule has 0 aromatic heterocycles. The summed E-state index contributed by atoms with van der Waals surface area (Å²) in [4.78, 5) is 23.7. The molecule has 88 valence electrons. The molecular formula is C10H20N2O3. The first-order valence-electron chi connectivity index (χ1n) is 5.18. The zero-order valence-corrected chi connectivity index (χ0v) is 9.62. The molecule has 15 heavy (non-hydrogen) atoms. The number of nitrogens with one attached hydrogen (secondary N) is 1. The summed E-state index contributed by atoms with van der Waals surface area (Å²) in [6.45, 7) is 4.63. The van der Waals surface area contributed by atoms with Crippen LogP contribution in [0.25, 0.3) is 0 Å². The molecule has 0 aromatic carbocycles. The minimum Gasteiger partial charge on any atom is -0.480 e. The van der Waals surface area contributed by atoms with Gasteiger partial charge in [-0.15, -0.1) is 0 Å². The molecule has 0 radical (unpaired) electrons. The van der Waals surface area contributed by atoms with Crippen LogP contribution < -0.4 is 5.32 Å². The third-order valence-electron chi connectivity index (χ3n) is 2.05. The van der Waals surface area contributed by atoms with Gasteiger partial charge in [0, 0.05) is 0 Å². The van der Waals surface area contributed by atoms with Crippen molar-refractivity contribution in [1.82, 2.24) is 10.2 Å². The van der Waals surface area contributed by atoms with E-state index in [2.05, 4.69) is 12.2 Å². The van der Waals surface area contributed by atoms with E-state index in [9.17, 15) is 9.59 Å². The van der Waals surface area contributed by atoms with Crippen molar-refractivity contribution in [3.05, 3.63) is 0 Å². The van der Waals surface area contributed by atoms with Crippen LogP contribution in [-0.4, -0.2) is 48.1 Å². The van der Waals surface area contributed by atoms with Crippen molar-refractivity contribution in [2.45, 2.75) is 32.7 Å². The third-order valence-corrected chi connectivity index (χ3v) is 2.05. The third kappa shape index (κ3) is 6.90. The van der Waals surface area contributed by atoms with Crippen molar-refractivity contribution < 1.29 is 14.7 Å². The number of carboxylic acids is 1. The van der Waals surface area contributed by atoms with Gasteiger partial charge in [0.15, 0.2) is 0 Å². The van der Waals surface area contributed by atoms with Gasteiger partial charge in [0.25, 0.3) is 0 Å². The minimum absolute atomic E-state index is 0.247. The Morgan fingerprint density at radius 3 is 2.53 bits per heavy atom. The van der Waals surface area contributed by atoms with Crippen LogP contribution in [0.3, 0.4) is 0 Å². The number of nitrogens with zero attached hydrogens (tertiary/aromatic N) is 1. The first-order valence-corrected chi connectivity index (χ1v) is 5.18. The van der Waals surface area contributed by atoms with Gasteiger partial charge in [-0.1, -0.05) is 13.3 Å². The Labute approximate surface area is 90.5 Å². The van der Waals surface area contributed by atoms with E-state index in [1.165, 1.54) is 6.92 Å². The van der Waals surface area contributed by atoms with Crippen molar-refractivity contribution in [2.24, 2.45) is 0 Å².